The van der Waals surface area contributed by atoms with Crippen molar-refractivity contribution in [2.24, 2.45) is 0 Å². The summed E-state index contributed by atoms with van der Waals surface area (Å²) in [7, 11) is 0. The number of aldehydes is 1. The molecule has 21 heavy (non-hydrogen) atoms. The number of halogens is 1. The van der Waals surface area contributed by atoms with Crippen LogP contribution in [0.3, 0.4) is 0 Å². The zero-order valence-corrected chi connectivity index (χ0v) is 11.9. The van der Waals surface area contributed by atoms with E-state index in [1.54, 1.807) is 6.07 Å². The van der Waals surface area contributed by atoms with Crippen molar-refractivity contribution < 1.29 is 9.90 Å². The average Bonchev–Trinajstić information content (AvgIpc) is 2.89. The normalized spacial score (nSPS) is 11.0. The Labute approximate surface area is 126 Å². The number of H-pyrrole nitrogens is 1. The van der Waals surface area contributed by atoms with Crippen LogP contribution in [0.1, 0.15) is 16.1 Å². The molecule has 0 fully saturated rings. The zero-order valence-electron chi connectivity index (χ0n) is 11.1. The molecule has 2 N–H and O–H groups in total. The molecule has 2 aromatic carbocycles. The molecule has 106 valence electrons. The van der Waals surface area contributed by atoms with Gasteiger partial charge in [0.1, 0.15) is 5.69 Å². The summed E-state index contributed by atoms with van der Waals surface area (Å²) >= 11 is 6.31. The number of hydrogen-bond acceptors (Lipinski definition) is 3. The molecule has 0 unspecified atom stereocenters. The van der Waals surface area contributed by atoms with Gasteiger partial charge in [-0.3, -0.25) is 9.89 Å². The van der Waals surface area contributed by atoms with Crippen LogP contribution in [0.15, 0.2) is 36.4 Å². The molecule has 0 aliphatic carbocycles. The van der Waals surface area contributed by atoms with E-state index in [0.717, 1.165) is 28.4 Å². The summed E-state index contributed by atoms with van der Waals surface area (Å²) < 4.78 is 0. The number of rotatable bonds is 4. The Balaban J connectivity index is 2.10. The number of fused-ring (bicyclic) bond motifs is 1. The summed E-state index contributed by atoms with van der Waals surface area (Å²) in [4.78, 5) is 11.0. The molecule has 0 bridgehead atoms. The zero-order chi connectivity index (χ0) is 14.8. The quantitative estimate of drug-likeness (QED) is 0.727. The van der Waals surface area contributed by atoms with E-state index in [0.29, 0.717) is 22.7 Å². The minimum atomic E-state index is 0.129. The molecule has 0 aliphatic heterocycles. The van der Waals surface area contributed by atoms with E-state index < -0.39 is 0 Å². The topological polar surface area (TPSA) is 66.0 Å². The fraction of sp³-hybridized carbons (Fsp3) is 0.125. The Bertz CT molecular complexity index is 794. The van der Waals surface area contributed by atoms with Crippen molar-refractivity contribution >= 4 is 28.8 Å². The van der Waals surface area contributed by atoms with Gasteiger partial charge in [0.2, 0.25) is 0 Å². The maximum Gasteiger partial charge on any atom is 0.168 e. The molecule has 3 rings (SSSR count). The molecule has 3 aromatic rings. The van der Waals surface area contributed by atoms with Crippen LogP contribution < -0.4 is 0 Å². The van der Waals surface area contributed by atoms with Gasteiger partial charge >= 0.3 is 0 Å². The highest BCUT2D eigenvalue weighted by Gasteiger charge is 2.10. The van der Waals surface area contributed by atoms with Crippen molar-refractivity contribution in [2.45, 2.75) is 6.42 Å². The molecule has 1 heterocycles. The lowest BCUT2D eigenvalue weighted by atomic mass is 10.0. The van der Waals surface area contributed by atoms with E-state index in [4.69, 9.17) is 16.7 Å². The maximum atomic E-state index is 11.0. The molecule has 0 spiro atoms. The van der Waals surface area contributed by atoms with Gasteiger partial charge in [-0.05, 0) is 29.7 Å². The molecular formula is C16H13ClN2O2. The number of aromatic nitrogens is 2. The van der Waals surface area contributed by atoms with Gasteiger partial charge in [-0.1, -0.05) is 35.9 Å². The summed E-state index contributed by atoms with van der Waals surface area (Å²) in [5.41, 5.74) is 3.99. The SMILES string of the molecule is O=Cc1[nH]nc2cc(Cl)c(-c3ccc(CCO)cc3)cc12. The monoisotopic (exact) mass is 300 g/mol. The van der Waals surface area contributed by atoms with E-state index >= 15 is 0 Å². The first-order valence-electron chi connectivity index (χ1n) is 6.56. The van der Waals surface area contributed by atoms with Crippen LogP contribution in [0.5, 0.6) is 0 Å². The first-order chi connectivity index (χ1) is 10.2. The highest BCUT2D eigenvalue weighted by atomic mass is 35.5. The Hall–Kier alpha value is -2.17. The van der Waals surface area contributed by atoms with Crippen LogP contribution in [0.25, 0.3) is 22.0 Å². The Morgan fingerprint density at radius 1 is 1.24 bits per heavy atom. The van der Waals surface area contributed by atoms with E-state index in [-0.39, 0.29) is 6.61 Å². The third kappa shape index (κ3) is 2.55. The second-order valence-corrected chi connectivity index (χ2v) is 5.18. The van der Waals surface area contributed by atoms with Crippen LogP contribution >= 0.6 is 11.6 Å². The molecule has 0 aliphatic rings. The second-order valence-electron chi connectivity index (χ2n) is 4.77. The number of aromatic amines is 1. The number of carbonyl (C=O) groups is 1. The first-order valence-corrected chi connectivity index (χ1v) is 6.93. The predicted octanol–water partition coefficient (Wildman–Crippen LogP) is 3.23. The Morgan fingerprint density at radius 2 is 2.00 bits per heavy atom. The number of aliphatic hydroxyl groups excluding tert-OH is 1. The number of hydrogen-bond donors (Lipinski definition) is 2. The van der Waals surface area contributed by atoms with Gasteiger partial charge in [0.05, 0.1) is 10.5 Å². The molecule has 0 amide bonds. The van der Waals surface area contributed by atoms with E-state index in [2.05, 4.69) is 10.2 Å². The summed E-state index contributed by atoms with van der Waals surface area (Å²) in [5, 5.41) is 17.0. The molecular weight excluding hydrogens is 288 g/mol. The summed E-state index contributed by atoms with van der Waals surface area (Å²) in [6.45, 7) is 0.129. The standard InChI is InChI=1S/C16H13ClN2O2/c17-14-8-15-13(16(9-21)19-18-15)7-12(14)11-3-1-10(2-4-11)5-6-20/h1-4,7-9,20H,5-6H2,(H,18,19). The van der Waals surface area contributed by atoms with Crippen molar-refractivity contribution in [1.82, 2.24) is 10.2 Å². The predicted molar refractivity (Wildman–Crippen MR) is 82.7 cm³/mol. The Kier molecular flexibility index (Phi) is 3.73. The molecule has 4 nitrogen and oxygen atoms in total. The fourth-order valence-corrected chi connectivity index (χ4v) is 2.61. The van der Waals surface area contributed by atoms with Crippen LogP contribution in [0.4, 0.5) is 0 Å². The largest absolute Gasteiger partial charge is 0.396 e. The van der Waals surface area contributed by atoms with E-state index in [9.17, 15) is 4.79 Å². The number of nitrogens with zero attached hydrogens (tertiary/aromatic N) is 1. The highest BCUT2D eigenvalue weighted by molar-refractivity contribution is 6.34. The Morgan fingerprint density at radius 3 is 2.67 bits per heavy atom. The maximum absolute atomic E-state index is 11.0. The van der Waals surface area contributed by atoms with E-state index in [1.165, 1.54) is 0 Å². The minimum absolute atomic E-state index is 0.129. The van der Waals surface area contributed by atoms with Gasteiger partial charge in [-0.15, -0.1) is 0 Å². The van der Waals surface area contributed by atoms with Gasteiger partial charge < -0.3 is 5.11 Å². The average molecular weight is 301 g/mol. The number of benzene rings is 2. The minimum Gasteiger partial charge on any atom is -0.396 e. The highest BCUT2D eigenvalue weighted by Crippen LogP contribution is 2.32. The second kappa shape index (κ2) is 5.68. The smallest absolute Gasteiger partial charge is 0.168 e. The van der Waals surface area contributed by atoms with Gasteiger partial charge in [0, 0.05) is 17.6 Å². The van der Waals surface area contributed by atoms with Crippen molar-refractivity contribution in [3.63, 3.8) is 0 Å². The number of aliphatic hydroxyl groups is 1. The molecule has 0 radical (unpaired) electrons. The van der Waals surface area contributed by atoms with Gasteiger partial charge in [-0.2, -0.15) is 5.10 Å². The van der Waals surface area contributed by atoms with Gasteiger partial charge in [0.15, 0.2) is 6.29 Å². The van der Waals surface area contributed by atoms with Gasteiger partial charge in [-0.25, -0.2) is 0 Å². The van der Waals surface area contributed by atoms with Crippen LogP contribution in [-0.2, 0) is 6.42 Å². The van der Waals surface area contributed by atoms with Crippen LogP contribution in [0, 0.1) is 0 Å². The molecule has 0 saturated carbocycles. The number of nitrogens with one attached hydrogen (secondary N) is 1. The molecule has 1 aromatic heterocycles. The molecule has 0 atom stereocenters. The lowest BCUT2D eigenvalue weighted by molar-refractivity contribution is 0.112. The van der Waals surface area contributed by atoms with Crippen LogP contribution in [-0.4, -0.2) is 28.2 Å². The third-order valence-corrected chi connectivity index (χ3v) is 3.77. The summed E-state index contributed by atoms with van der Waals surface area (Å²) in [5.74, 6) is 0. The van der Waals surface area contributed by atoms with Crippen molar-refractivity contribution in [1.29, 1.82) is 0 Å². The van der Waals surface area contributed by atoms with Gasteiger partial charge in [0.25, 0.3) is 0 Å². The molecule has 5 heteroatoms. The summed E-state index contributed by atoms with van der Waals surface area (Å²) in [6.07, 6.45) is 1.38. The van der Waals surface area contributed by atoms with Crippen LogP contribution in [0.2, 0.25) is 5.02 Å². The third-order valence-electron chi connectivity index (χ3n) is 3.46. The fourth-order valence-electron chi connectivity index (χ4n) is 2.34. The first kappa shape index (κ1) is 13.8. The van der Waals surface area contributed by atoms with Crippen molar-refractivity contribution in [3.8, 4) is 11.1 Å². The van der Waals surface area contributed by atoms with Crippen molar-refractivity contribution in [2.75, 3.05) is 6.61 Å². The lowest BCUT2D eigenvalue weighted by Crippen LogP contribution is -1.90. The van der Waals surface area contributed by atoms with Crippen molar-refractivity contribution in [3.05, 3.63) is 52.7 Å². The summed E-state index contributed by atoms with van der Waals surface area (Å²) in [6, 6.07) is 11.4. The molecule has 0 saturated heterocycles. The lowest BCUT2D eigenvalue weighted by Gasteiger charge is -2.06. The van der Waals surface area contributed by atoms with E-state index in [1.807, 2.05) is 30.3 Å². The number of carbonyl (C=O) groups excluding carboxylic acids is 1.